The number of alkyl halides is 3. The molecule has 0 radical (unpaired) electrons. The first-order chi connectivity index (χ1) is 16.2. The first kappa shape index (κ1) is 30.0. The van der Waals surface area contributed by atoms with Crippen LogP contribution in [0.2, 0.25) is 0 Å². The molecule has 0 aliphatic carbocycles. The number of ether oxygens (including phenoxy) is 1. The second kappa shape index (κ2) is 12.1. The molecule has 1 amide bonds. The third kappa shape index (κ3) is 7.73. The lowest BCUT2D eigenvalue weighted by molar-refractivity contribution is -0.274. The zero-order valence-electron chi connectivity index (χ0n) is 21.4. The van der Waals surface area contributed by atoms with E-state index < -0.39 is 18.2 Å². The van der Waals surface area contributed by atoms with Crippen LogP contribution in [-0.4, -0.2) is 34.8 Å². The number of likely N-dealkylation sites (N-methyl/N-ethyl adjacent to an activating group) is 1. The minimum atomic E-state index is -4.88. The highest BCUT2D eigenvalue weighted by atomic mass is 19.4. The summed E-state index contributed by atoms with van der Waals surface area (Å²) in [5, 5.41) is 9.12. The van der Waals surface area contributed by atoms with Gasteiger partial charge >= 0.3 is 12.3 Å². The van der Waals surface area contributed by atoms with Gasteiger partial charge in [0.05, 0.1) is 6.42 Å². The number of halogens is 3. The summed E-state index contributed by atoms with van der Waals surface area (Å²) < 4.78 is 43.7. The number of amides is 1. The number of carboxylic acid groups (broad SMARTS) is 1. The molecule has 0 saturated carbocycles. The largest absolute Gasteiger partial charge is 0.573 e. The normalized spacial score (nSPS) is 17.0. The van der Waals surface area contributed by atoms with Gasteiger partial charge in [-0.25, -0.2) is 0 Å². The summed E-state index contributed by atoms with van der Waals surface area (Å²) in [6, 6.07) is 4.25. The van der Waals surface area contributed by atoms with E-state index in [0.29, 0.717) is 36.2 Å². The van der Waals surface area contributed by atoms with Gasteiger partial charge in [-0.2, -0.15) is 0 Å². The first-order valence-electron chi connectivity index (χ1n) is 11.5. The van der Waals surface area contributed by atoms with Crippen LogP contribution in [0.1, 0.15) is 77.8 Å². The number of carboxylic acids is 1. The Hall–Kier alpha value is -3.03. The molecule has 1 aromatic carbocycles. The lowest BCUT2D eigenvalue weighted by Crippen LogP contribution is -2.39. The molecule has 8 heteroatoms. The Bertz CT molecular complexity index is 993. The summed E-state index contributed by atoms with van der Waals surface area (Å²) in [4.78, 5) is 25.5. The van der Waals surface area contributed by atoms with Crippen molar-refractivity contribution in [3.05, 3.63) is 59.8 Å². The van der Waals surface area contributed by atoms with E-state index in [9.17, 15) is 22.8 Å². The van der Waals surface area contributed by atoms with Gasteiger partial charge in [-0.15, -0.1) is 26.3 Å². The van der Waals surface area contributed by atoms with Gasteiger partial charge in [-0.3, -0.25) is 9.59 Å². The highest BCUT2D eigenvalue weighted by Gasteiger charge is 2.36. The molecule has 5 nitrogen and oxygen atoms in total. The van der Waals surface area contributed by atoms with Crippen molar-refractivity contribution >= 4 is 17.4 Å². The second-order valence-corrected chi connectivity index (χ2v) is 9.03. The molecule has 0 bridgehead atoms. The van der Waals surface area contributed by atoms with Gasteiger partial charge in [0.25, 0.3) is 0 Å². The molecule has 0 spiro atoms. The Morgan fingerprint density at radius 3 is 2.37 bits per heavy atom. The number of hydrogen-bond donors (Lipinski definition) is 1. The highest BCUT2D eigenvalue weighted by Crippen LogP contribution is 2.41. The van der Waals surface area contributed by atoms with E-state index in [2.05, 4.69) is 17.9 Å². The summed E-state index contributed by atoms with van der Waals surface area (Å²) in [7, 11) is 0. The van der Waals surface area contributed by atoms with Crippen molar-refractivity contribution in [2.45, 2.75) is 73.1 Å². The predicted molar refractivity (Wildman–Crippen MR) is 132 cm³/mol. The maximum atomic E-state index is 13.1. The number of hydrogen-bond acceptors (Lipinski definition) is 3. The molecule has 1 heterocycles. The van der Waals surface area contributed by atoms with E-state index in [0.717, 1.165) is 5.57 Å². The lowest BCUT2D eigenvalue weighted by atomic mass is 9.77. The summed E-state index contributed by atoms with van der Waals surface area (Å²) in [6.45, 7) is 17.7. The lowest BCUT2D eigenvalue weighted by Gasteiger charge is -2.38. The number of nitrogens with zero attached hydrogens (tertiary/aromatic N) is 1. The van der Waals surface area contributed by atoms with Crippen molar-refractivity contribution in [3.8, 4) is 5.75 Å². The molecule has 1 aromatic rings. The van der Waals surface area contributed by atoms with E-state index in [4.69, 9.17) is 5.11 Å². The van der Waals surface area contributed by atoms with E-state index in [-0.39, 0.29) is 29.1 Å². The summed E-state index contributed by atoms with van der Waals surface area (Å²) in [6.07, 6.45) is -2.53. The predicted octanol–water partition coefficient (Wildman–Crippen LogP) is 7.31. The SMILES string of the molecule is C=C.CC/C(=C\C1=C(C)C(C)(C)CC(=O)N1CC)c1cc(C(C)CC(=O)O)ccc1OC(F)(F)F. The average Bonchev–Trinajstić information content (AvgIpc) is 2.75. The molecule has 35 heavy (non-hydrogen) atoms. The number of rotatable bonds is 8. The minimum absolute atomic E-state index is 0.0367. The quantitative estimate of drug-likeness (QED) is 0.384. The van der Waals surface area contributed by atoms with Crippen LogP contribution in [0.15, 0.2) is 48.7 Å². The van der Waals surface area contributed by atoms with Crippen LogP contribution in [0, 0.1) is 5.41 Å². The monoisotopic (exact) mass is 495 g/mol. The molecule has 0 aromatic heterocycles. The molecule has 1 unspecified atom stereocenters. The van der Waals surface area contributed by atoms with Crippen molar-refractivity contribution in [1.29, 1.82) is 0 Å². The Morgan fingerprint density at radius 2 is 1.89 bits per heavy atom. The first-order valence-corrected chi connectivity index (χ1v) is 11.5. The Labute approximate surface area is 206 Å². The fourth-order valence-electron chi connectivity index (χ4n) is 4.06. The minimum Gasteiger partial charge on any atom is -0.481 e. The van der Waals surface area contributed by atoms with Gasteiger partial charge in [0.15, 0.2) is 0 Å². The second-order valence-electron chi connectivity index (χ2n) is 9.03. The number of carbonyl (C=O) groups excluding carboxylic acids is 1. The van der Waals surface area contributed by atoms with Crippen LogP contribution in [0.4, 0.5) is 13.2 Å². The van der Waals surface area contributed by atoms with Crippen LogP contribution in [-0.2, 0) is 9.59 Å². The zero-order valence-corrected chi connectivity index (χ0v) is 21.4. The van der Waals surface area contributed by atoms with Gasteiger partial charge in [-0.05, 0) is 66.5 Å². The van der Waals surface area contributed by atoms with Gasteiger partial charge < -0.3 is 14.7 Å². The highest BCUT2D eigenvalue weighted by molar-refractivity contribution is 5.83. The molecule has 1 N–H and O–H groups in total. The van der Waals surface area contributed by atoms with Crippen LogP contribution < -0.4 is 4.74 Å². The summed E-state index contributed by atoms with van der Waals surface area (Å²) in [5.74, 6) is -1.79. The Kier molecular flexibility index (Phi) is 10.4. The van der Waals surface area contributed by atoms with E-state index in [1.165, 1.54) is 12.1 Å². The molecule has 194 valence electrons. The fraction of sp³-hybridized carbons (Fsp3) is 0.481. The summed E-state index contributed by atoms with van der Waals surface area (Å²) in [5.41, 5.74) is 2.67. The van der Waals surface area contributed by atoms with Crippen molar-refractivity contribution in [2.75, 3.05) is 6.54 Å². The topological polar surface area (TPSA) is 66.8 Å². The van der Waals surface area contributed by atoms with Gasteiger partial charge in [0, 0.05) is 24.2 Å². The molecular formula is C27H36F3NO4. The number of carbonyl (C=O) groups is 2. The third-order valence-corrected chi connectivity index (χ3v) is 6.22. The smallest absolute Gasteiger partial charge is 0.481 e. The number of allylic oxidation sites excluding steroid dienone is 3. The third-order valence-electron chi connectivity index (χ3n) is 6.22. The molecule has 1 aliphatic rings. The Balaban J connectivity index is 0.00000298. The molecule has 0 saturated heterocycles. The van der Waals surface area contributed by atoms with Gasteiger partial charge in [0.1, 0.15) is 5.75 Å². The van der Waals surface area contributed by atoms with E-state index >= 15 is 0 Å². The zero-order chi connectivity index (χ0) is 27.1. The van der Waals surface area contributed by atoms with Crippen LogP contribution in [0.3, 0.4) is 0 Å². The van der Waals surface area contributed by atoms with Crippen LogP contribution in [0.25, 0.3) is 5.57 Å². The molecule has 2 rings (SSSR count). The maximum Gasteiger partial charge on any atom is 0.573 e. The fourth-order valence-corrected chi connectivity index (χ4v) is 4.06. The van der Waals surface area contributed by atoms with Crippen LogP contribution >= 0.6 is 0 Å². The van der Waals surface area contributed by atoms with Crippen molar-refractivity contribution < 1.29 is 32.6 Å². The number of aliphatic carboxylic acids is 1. The molecular weight excluding hydrogens is 459 g/mol. The molecule has 0 fully saturated rings. The van der Waals surface area contributed by atoms with Crippen molar-refractivity contribution in [2.24, 2.45) is 5.41 Å². The average molecular weight is 496 g/mol. The van der Waals surface area contributed by atoms with Gasteiger partial charge in [-0.1, -0.05) is 33.8 Å². The van der Waals surface area contributed by atoms with Gasteiger partial charge in [0.2, 0.25) is 5.91 Å². The Morgan fingerprint density at radius 1 is 1.29 bits per heavy atom. The summed E-state index contributed by atoms with van der Waals surface area (Å²) >= 11 is 0. The maximum absolute atomic E-state index is 13.1. The standard InChI is InChI=1S/C25H32F3NO4.C2H4/c1-7-17(13-20-16(4)24(5,6)14-22(30)29(20)8-2)19-12-18(15(3)11-23(31)32)9-10-21(19)33-25(26,27)28;1-2/h9-10,12-13,15H,7-8,11,14H2,1-6H3,(H,31,32);1-2H2/b17-13+;. The molecule has 1 atom stereocenters. The van der Waals surface area contributed by atoms with Crippen LogP contribution in [0.5, 0.6) is 5.75 Å². The van der Waals surface area contributed by atoms with Crippen molar-refractivity contribution in [3.63, 3.8) is 0 Å². The van der Waals surface area contributed by atoms with Crippen molar-refractivity contribution in [1.82, 2.24) is 4.90 Å². The number of benzene rings is 1. The molecule has 1 aliphatic heterocycles. The van der Waals surface area contributed by atoms with E-state index in [1.54, 1.807) is 24.0 Å². The van der Waals surface area contributed by atoms with E-state index in [1.807, 2.05) is 34.6 Å².